The van der Waals surface area contributed by atoms with E-state index >= 15 is 0 Å². The third-order valence-corrected chi connectivity index (χ3v) is 3.70. The summed E-state index contributed by atoms with van der Waals surface area (Å²) in [4.78, 5) is 12.0. The van der Waals surface area contributed by atoms with Crippen LogP contribution in [0.4, 0.5) is 0 Å². The highest BCUT2D eigenvalue weighted by Crippen LogP contribution is 2.17. The molecule has 0 saturated carbocycles. The molecular weight excluding hydrogens is 268 g/mol. The van der Waals surface area contributed by atoms with Gasteiger partial charge in [-0.15, -0.1) is 0 Å². The SMILES string of the molecule is NC1(C(=O)NCCCOCc2ccccc2)CCOCC1. The maximum absolute atomic E-state index is 12.0. The van der Waals surface area contributed by atoms with Crippen molar-refractivity contribution in [2.45, 2.75) is 31.4 Å². The molecule has 1 aliphatic heterocycles. The summed E-state index contributed by atoms with van der Waals surface area (Å²) in [6.07, 6.45) is 1.96. The molecular formula is C16H24N2O3. The molecule has 0 atom stereocenters. The minimum atomic E-state index is -0.761. The molecule has 1 fully saturated rings. The van der Waals surface area contributed by atoms with Crippen LogP contribution in [0.3, 0.4) is 0 Å². The minimum Gasteiger partial charge on any atom is -0.381 e. The van der Waals surface area contributed by atoms with Crippen LogP contribution in [-0.4, -0.2) is 37.8 Å². The lowest BCUT2D eigenvalue weighted by atomic mass is 9.90. The van der Waals surface area contributed by atoms with Crippen LogP contribution in [0.2, 0.25) is 0 Å². The van der Waals surface area contributed by atoms with Crippen molar-refractivity contribution in [2.24, 2.45) is 5.73 Å². The van der Waals surface area contributed by atoms with E-state index in [1.54, 1.807) is 0 Å². The number of benzene rings is 1. The first-order valence-electron chi connectivity index (χ1n) is 7.47. The summed E-state index contributed by atoms with van der Waals surface area (Å²) in [7, 11) is 0. The topological polar surface area (TPSA) is 73.6 Å². The Balaban J connectivity index is 1.56. The van der Waals surface area contributed by atoms with Crippen molar-refractivity contribution < 1.29 is 14.3 Å². The van der Waals surface area contributed by atoms with E-state index in [2.05, 4.69) is 5.32 Å². The van der Waals surface area contributed by atoms with Crippen LogP contribution in [-0.2, 0) is 20.9 Å². The fourth-order valence-corrected chi connectivity index (χ4v) is 2.28. The van der Waals surface area contributed by atoms with Crippen molar-refractivity contribution in [1.82, 2.24) is 5.32 Å². The van der Waals surface area contributed by atoms with Crippen molar-refractivity contribution in [3.63, 3.8) is 0 Å². The molecule has 5 heteroatoms. The summed E-state index contributed by atoms with van der Waals surface area (Å²) >= 11 is 0. The fraction of sp³-hybridized carbons (Fsp3) is 0.562. The van der Waals surface area contributed by atoms with Gasteiger partial charge in [0.05, 0.1) is 12.1 Å². The summed E-state index contributed by atoms with van der Waals surface area (Å²) in [6.45, 7) is 2.93. The van der Waals surface area contributed by atoms with Crippen molar-refractivity contribution in [3.05, 3.63) is 35.9 Å². The predicted molar refractivity (Wildman–Crippen MR) is 80.7 cm³/mol. The molecule has 0 aromatic heterocycles. The molecule has 1 amide bonds. The number of nitrogens with two attached hydrogens (primary N) is 1. The number of rotatable bonds is 7. The lowest BCUT2D eigenvalue weighted by molar-refractivity contribution is -0.129. The van der Waals surface area contributed by atoms with E-state index in [-0.39, 0.29) is 5.91 Å². The molecule has 0 bridgehead atoms. The van der Waals surface area contributed by atoms with Crippen molar-refractivity contribution in [3.8, 4) is 0 Å². The van der Waals surface area contributed by atoms with Gasteiger partial charge in [-0.25, -0.2) is 0 Å². The molecule has 116 valence electrons. The number of carbonyl (C=O) groups excluding carboxylic acids is 1. The molecule has 2 rings (SSSR count). The van der Waals surface area contributed by atoms with Gasteiger partial charge in [-0.2, -0.15) is 0 Å². The van der Waals surface area contributed by atoms with Gasteiger partial charge >= 0.3 is 0 Å². The van der Waals surface area contributed by atoms with E-state index in [1.165, 1.54) is 0 Å². The lowest BCUT2D eigenvalue weighted by Crippen LogP contribution is -2.57. The number of ether oxygens (including phenoxy) is 2. The third kappa shape index (κ3) is 5.12. The van der Waals surface area contributed by atoms with E-state index in [0.29, 0.717) is 45.8 Å². The number of carbonyl (C=O) groups is 1. The molecule has 1 saturated heterocycles. The van der Waals surface area contributed by atoms with E-state index in [1.807, 2.05) is 30.3 Å². The summed E-state index contributed by atoms with van der Waals surface area (Å²) in [5.74, 6) is -0.0751. The van der Waals surface area contributed by atoms with Crippen molar-refractivity contribution in [1.29, 1.82) is 0 Å². The lowest BCUT2D eigenvalue weighted by Gasteiger charge is -2.31. The molecule has 1 aromatic carbocycles. The Bertz CT molecular complexity index is 430. The molecule has 0 spiro atoms. The first-order chi connectivity index (χ1) is 10.2. The average molecular weight is 292 g/mol. The highest BCUT2D eigenvalue weighted by molar-refractivity contribution is 5.86. The van der Waals surface area contributed by atoms with Gasteiger partial charge < -0.3 is 20.5 Å². The zero-order valence-corrected chi connectivity index (χ0v) is 12.3. The van der Waals surface area contributed by atoms with Gasteiger partial charge in [0.25, 0.3) is 0 Å². The molecule has 1 heterocycles. The molecule has 1 aliphatic rings. The van der Waals surface area contributed by atoms with Crippen LogP contribution in [0, 0.1) is 0 Å². The molecule has 1 aromatic rings. The zero-order chi connectivity index (χ0) is 15.0. The van der Waals surface area contributed by atoms with E-state index in [4.69, 9.17) is 15.2 Å². The maximum atomic E-state index is 12.0. The van der Waals surface area contributed by atoms with Crippen LogP contribution >= 0.6 is 0 Å². The fourth-order valence-electron chi connectivity index (χ4n) is 2.28. The van der Waals surface area contributed by atoms with Gasteiger partial charge in [0.15, 0.2) is 0 Å². The summed E-state index contributed by atoms with van der Waals surface area (Å²) in [6, 6.07) is 10.0. The van der Waals surface area contributed by atoms with E-state index < -0.39 is 5.54 Å². The second kappa shape index (κ2) is 8.12. The maximum Gasteiger partial charge on any atom is 0.240 e. The highest BCUT2D eigenvalue weighted by atomic mass is 16.5. The Labute approximate surface area is 125 Å². The van der Waals surface area contributed by atoms with Crippen molar-refractivity contribution in [2.75, 3.05) is 26.4 Å². The average Bonchev–Trinajstić information content (AvgIpc) is 2.52. The standard InChI is InChI=1S/C16H24N2O3/c17-16(7-11-20-12-8-16)15(19)18-9-4-10-21-13-14-5-2-1-3-6-14/h1-3,5-6H,4,7-13,17H2,(H,18,19). The Morgan fingerprint density at radius 2 is 2.00 bits per heavy atom. The predicted octanol–water partition coefficient (Wildman–Crippen LogP) is 1.22. The van der Waals surface area contributed by atoms with Crippen LogP contribution in [0.15, 0.2) is 30.3 Å². The molecule has 5 nitrogen and oxygen atoms in total. The second-order valence-corrected chi connectivity index (χ2v) is 5.42. The van der Waals surface area contributed by atoms with Crippen molar-refractivity contribution >= 4 is 5.91 Å². The first-order valence-corrected chi connectivity index (χ1v) is 7.47. The number of hydrogen-bond donors (Lipinski definition) is 2. The first kappa shape index (κ1) is 15.9. The van der Waals surface area contributed by atoms with Crippen LogP contribution < -0.4 is 11.1 Å². The molecule has 3 N–H and O–H groups in total. The van der Waals surface area contributed by atoms with Crippen LogP contribution in [0.5, 0.6) is 0 Å². The number of nitrogens with one attached hydrogen (secondary N) is 1. The van der Waals surface area contributed by atoms with E-state index in [0.717, 1.165) is 12.0 Å². The molecule has 0 radical (unpaired) electrons. The Morgan fingerprint density at radius 3 is 2.71 bits per heavy atom. The second-order valence-electron chi connectivity index (χ2n) is 5.42. The molecule has 0 unspecified atom stereocenters. The van der Waals surface area contributed by atoms with Gasteiger partial charge in [0, 0.05) is 26.4 Å². The van der Waals surface area contributed by atoms with Gasteiger partial charge in [0.1, 0.15) is 0 Å². The highest BCUT2D eigenvalue weighted by Gasteiger charge is 2.35. The minimum absolute atomic E-state index is 0.0751. The monoisotopic (exact) mass is 292 g/mol. The zero-order valence-electron chi connectivity index (χ0n) is 12.3. The summed E-state index contributed by atoms with van der Waals surface area (Å²) in [5, 5.41) is 2.89. The summed E-state index contributed by atoms with van der Waals surface area (Å²) < 4.78 is 10.8. The molecule has 0 aliphatic carbocycles. The Hall–Kier alpha value is -1.43. The van der Waals surface area contributed by atoms with Gasteiger partial charge in [0.2, 0.25) is 5.91 Å². The largest absolute Gasteiger partial charge is 0.381 e. The number of hydrogen-bond acceptors (Lipinski definition) is 4. The normalized spacial score (nSPS) is 17.4. The molecule has 21 heavy (non-hydrogen) atoms. The van der Waals surface area contributed by atoms with Crippen LogP contribution in [0.25, 0.3) is 0 Å². The quantitative estimate of drug-likeness (QED) is 0.741. The summed E-state index contributed by atoms with van der Waals surface area (Å²) in [5.41, 5.74) is 6.49. The van der Waals surface area contributed by atoms with Gasteiger partial charge in [-0.3, -0.25) is 4.79 Å². The third-order valence-electron chi connectivity index (χ3n) is 3.70. The van der Waals surface area contributed by atoms with Gasteiger partial charge in [-0.1, -0.05) is 30.3 Å². The Morgan fingerprint density at radius 1 is 1.29 bits per heavy atom. The van der Waals surface area contributed by atoms with Gasteiger partial charge in [-0.05, 0) is 24.8 Å². The van der Waals surface area contributed by atoms with E-state index in [9.17, 15) is 4.79 Å². The number of amides is 1. The Kier molecular flexibility index (Phi) is 6.17. The smallest absolute Gasteiger partial charge is 0.240 e. The van der Waals surface area contributed by atoms with Crippen LogP contribution in [0.1, 0.15) is 24.8 Å².